The van der Waals surface area contributed by atoms with Crippen LogP contribution in [0.1, 0.15) is 6.92 Å². The average Bonchev–Trinajstić information content (AvgIpc) is 1.89. The Morgan fingerprint density at radius 1 is 1.33 bits per heavy atom. The van der Waals surface area contributed by atoms with Gasteiger partial charge >= 0.3 is 0 Å². The molecule has 0 unspecified atom stereocenters. The molecule has 0 aliphatic heterocycles. The average molecular weight is 148 g/mol. The van der Waals surface area contributed by atoms with Gasteiger partial charge < -0.3 is 9.47 Å². The van der Waals surface area contributed by atoms with Crippen LogP contribution in [-0.4, -0.2) is 31.8 Å². The van der Waals surface area contributed by atoms with Crippen LogP contribution in [0.2, 0.25) is 0 Å². The second kappa shape index (κ2) is 8.01. The Balaban J connectivity index is 2.66. The van der Waals surface area contributed by atoms with Gasteiger partial charge in [-0.05, 0) is 6.92 Å². The zero-order chi connectivity index (χ0) is 6.95. The lowest BCUT2D eigenvalue weighted by atomic mass is 10.7. The van der Waals surface area contributed by atoms with E-state index in [-0.39, 0.29) is 0 Å². The van der Waals surface area contributed by atoms with E-state index in [2.05, 4.69) is 12.2 Å². The molecule has 54 valence electrons. The number of hydrogen-bond acceptors (Lipinski definition) is 3. The van der Waals surface area contributed by atoms with Gasteiger partial charge in [0.15, 0.2) is 0 Å². The number of ether oxygens (including phenoxy) is 2. The third kappa shape index (κ3) is 8.01. The Labute approximate surface area is 61.1 Å². The van der Waals surface area contributed by atoms with Crippen LogP contribution in [-0.2, 0) is 9.47 Å². The molecule has 0 atom stereocenters. The third-order valence-corrected chi connectivity index (χ3v) is 0.898. The fourth-order valence-electron chi connectivity index (χ4n) is 0.394. The van der Waals surface area contributed by atoms with Crippen LogP contribution >= 0.6 is 12.2 Å². The molecular weight excluding hydrogens is 136 g/mol. The fraction of sp³-hybridized carbons (Fsp3) is 0.833. The smallest absolute Gasteiger partial charge is 0.0750 e. The Hall–Kier alpha value is 0.01000. The molecule has 0 aliphatic carbocycles. The molecule has 2 nitrogen and oxygen atoms in total. The van der Waals surface area contributed by atoms with Crippen molar-refractivity contribution in [1.82, 2.24) is 0 Å². The predicted molar refractivity (Wildman–Crippen MR) is 41.0 cm³/mol. The first-order valence-electron chi connectivity index (χ1n) is 3.01. The highest BCUT2D eigenvalue weighted by atomic mass is 32.1. The normalized spacial score (nSPS) is 9.44. The minimum Gasteiger partial charge on any atom is -0.379 e. The molecule has 3 heteroatoms. The Morgan fingerprint density at radius 3 is 2.56 bits per heavy atom. The first-order valence-corrected chi connectivity index (χ1v) is 3.48. The van der Waals surface area contributed by atoms with Crippen molar-refractivity contribution < 1.29 is 9.47 Å². The maximum atomic E-state index is 5.01. The summed E-state index contributed by atoms with van der Waals surface area (Å²) in [4.78, 5) is 0. The highest BCUT2D eigenvalue weighted by Gasteiger charge is 1.82. The molecule has 0 amide bonds. The molecule has 0 spiro atoms. The summed E-state index contributed by atoms with van der Waals surface area (Å²) in [5.41, 5.74) is 0. The van der Waals surface area contributed by atoms with E-state index in [4.69, 9.17) is 9.47 Å². The molecular formula is C6H12O2S. The molecule has 0 rings (SSSR count). The van der Waals surface area contributed by atoms with E-state index >= 15 is 0 Å². The van der Waals surface area contributed by atoms with Gasteiger partial charge in [0.2, 0.25) is 0 Å². The van der Waals surface area contributed by atoms with Crippen molar-refractivity contribution in [2.24, 2.45) is 0 Å². The number of hydrogen-bond donors (Lipinski definition) is 0. The molecule has 0 bridgehead atoms. The first-order chi connectivity index (χ1) is 4.41. The van der Waals surface area contributed by atoms with Crippen molar-refractivity contribution in [2.75, 3.05) is 26.4 Å². The minimum absolute atomic E-state index is 0.544. The van der Waals surface area contributed by atoms with Crippen molar-refractivity contribution in [2.45, 2.75) is 6.92 Å². The summed E-state index contributed by atoms with van der Waals surface area (Å²) in [6.45, 7) is 4.56. The monoisotopic (exact) mass is 148 g/mol. The van der Waals surface area contributed by atoms with Gasteiger partial charge in [0.25, 0.3) is 0 Å². The van der Waals surface area contributed by atoms with E-state index in [1.165, 1.54) is 0 Å². The number of thiocarbonyl (C=S) groups is 1. The largest absolute Gasteiger partial charge is 0.379 e. The Morgan fingerprint density at radius 2 is 2.00 bits per heavy atom. The van der Waals surface area contributed by atoms with Crippen molar-refractivity contribution in [3.8, 4) is 0 Å². The predicted octanol–water partition coefficient (Wildman–Crippen LogP) is 1.04. The van der Waals surface area contributed by atoms with Gasteiger partial charge in [-0.15, -0.1) is 0 Å². The summed E-state index contributed by atoms with van der Waals surface area (Å²) >= 11 is 4.54. The molecule has 0 aromatic heterocycles. The molecule has 0 saturated heterocycles. The summed E-state index contributed by atoms with van der Waals surface area (Å²) in [6, 6.07) is 0. The van der Waals surface area contributed by atoms with E-state index in [9.17, 15) is 0 Å². The van der Waals surface area contributed by atoms with Crippen LogP contribution in [0, 0.1) is 0 Å². The maximum Gasteiger partial charge on any atom is 0.0750 e. The fourth-order valence-corrected chi connectivity index (χ4v) is 0.490. The van der Waals surface area contributed by atoms with Gasteiger partial charge in [0.1, 0.15) is 0 Å². The van der Waals surface area contributed by atoms with Crippen molar-refractivity contribution >= 4 is 17.6 Å². The Kier molecular flexibility index (Phi) is 8.02. The van der Waals surface area contributed by atoms with Gasteiger partial charge in [-0.3, -0.25) is 0 Å². The summed E-state index contributed by atoms with van der Waals surface area (Å²) in [5, 5.41) is 1.56. The molecule has 0 N–H and O–H groups in total. The minimum atomic E-state index is 0.544. The highest BCUT2D eigenvalue weighted by Crippen LogP contribution is 1.75. The zero-order valence-corrected chi connectivity index (χ0v) is 6.45. The van der Waals surface area contributed by atoms with Crippen LogP contribution in [0.3, 0.4) is 0 Å². The van der Waals surface area contributed by atoms with Gasteiger partial charge in [-0.2, -0.15) is 0 Å². The topological polar surface area (TPSA) is 18.5 Å². The van der Waals surface area contributed by atoms with E-state index < -0.39 is 0 Å². The second-order valence-corrected chi connectivity index (χ2v) is 1.77. The van der Waals surface area contributed by atoms with Gasteiger partial charge in [0.05, 0.1) is 19.8 Å². The molecule has 0 fully saturated rings. The lowest BCUT2D eigenvalue weighted by Gasteiger charge is -1.99. The summed E-state index contributed by atoms with van der Waals surface area (Å²) in [5.74, 6) is 0. The van der Waals surface area contributed by atoms with E-state index in [0.29, 0.717) is 19.8 Å². The molecule has 0 radical (unpaired) electrons. The maximum absolute atomic E-state index is 5.01. The molecule has 0 heterocycles. The van der Waals surface area contributed by atoms with Gasteiger partial charge in [0, 0.05) is 12.0 Å². The standard InChI is InChI=1S/C6H12O2S/c1-2-7-3-4-8-5-6-9/h6H,2-5H2,1H3. The molecule has 0 aliphatic rings. The number of rotatable bonds is 6. The molecule has 9 heavy (non-hydrogen) atoms. The van der Waals surface area contributed by atoms with Crippen molar-refractivity contribution in [1.29, 1.82) is 0 Å². The zero-order valence-electron chi connectivity index (χ0n) is 5.63. The SMILES string of the molecule is CCOCCOCC=S. The molecule has 0 saturated carbocycles. The highest BCUT2D eigenvalue weighted by molar-refractivity contribution is 7.79. The summed E-state index contributed by atoms with van der Waals surface area (Å²) in [7, 11) is 0. The molecule has 0 aromatic rings. The van der Waals surface area contributed by atoms with Crippen LogP contribution in [0.15, 0.2) is 0 Å². The van der Waals surface area contributed by atoms with Crippen LogP contribution in [0.4, 0.5) is 0 Å². The van der Waals surface area contributed by atoms with Crippen LogP contribution in [0.25, 0.3) is 0 Å². The second-order valence-electron chi connectivity index (χ2n) is 1.44. The van der Waals surface area contributed by atoms with E-state index in [1.54, 1.807) is 5.37 Å². The summed E-state index contributed by atoms with van der Waals surface area (Å²) in [6.07, 6.45) is 0. The lowest BCUT2D eigenvalue weighted by Crippen LogP contribution is -2.04. The lowest BCUT2D eigenvalue weighted by molar-refractivity contribution is 0.0693. The van der Waals surface area contributed by atoms with Crippen LogP contribution in [0.5, 0.6) is 0 Å². The van der Waals surface area contributed by atoms with Gasteiger partial charge in [-0.1, -0.05) is 12.2 Å². The van der Waals surface area contributed by atoms with E-state index in [1.807, 2.05) is 6.92 Å². The summed E-state index contributed by atoms with van der Waals surface area (Å²) < 4.78 is 10.0. The van der Waals surface area contributed by atoms with Crippen molar-refractivity contribution in [3.63, 3.8) is 0 Å². The van der Waals surface area contributed by atoms with Gasteiger partial charge in [-0.25, -0.2) is 0 Å². The van der Waals surface area contributed by atoms with Crippen LogP contribution < -0.4 is 0 Å². The third-order valence-electron chi connectivity index (χ3n) is 0.762. The van der Waals surface area contributed by atoms with E-state index in [0.717, 1.165) is 6.61 Å². The first kappa shape index (κ1) is 9.01. The van der Waals surface area contributed by atoms with Crippen molar-refractivity contribution in [3.05, 3.63) is 0 Å². The Bertz CT molecular complexity index is 66.1. The quantitative estimate of drug-likeness (QED) is 0.414. The molecule has 0 aromatic carbocycles.